The van der Waals surface area contributed by atoms with Gasteiger partial charge >= 0.3 is 0 Å². The Morgan fingerprint density at radius 1 is 1.27 bits per heavy atom. The predicted octanol–water partition coefficient (Wildman–Crippen LogP) is 1.35. The molecule has 0 fully saturated rings. The van der Waals surface area contributed by atoms with Crippen molar-refractivity contribution in [3.63, 3.8) is 0 Å². The van der Waals surface area contributed by atoms with Gasteiger partial charge < -0.3 is 18.9 Å². The minimum absolute atomic E-state index is 0.0231. The molecule has 0 saturated carbocycles. The van der Waals surface area contributed by atoms with Gasteiger partial charge in [0.25, 0.3) is 0 Å². The smallest absolute Gasteiger partial charge is 0.246 e. The van der Waals surface area contributed by atoms with Crippen LogP contribution in [0.5, 0.6) is 11.5 Å². The molecule has 10 heteroatoms. The Morgan fingerprint density at radius 3 is 2.65 bits per heavy atom. The summed E-state index contributed by atoms with van der Waals surface area (Å²) in [6.45, 7) is 4.81. The van der Waals surface area contributed by atoms with E-state index in [-0.39, 0.29) is 42.1 Å². The topological polar surface area (TPSA) is 111 Å². The molecule has 2 heterocycles. The van der Waals surface area contributed by atoms with Gasteiger partial charge in [-0.05, 0) is 26.0 Å². The van der Waals surface area contributed by atoms with E-state index in [1.807, 2.05) is 0 Å². The number of hydrogen-bond acceptors (Lipinski definition) is 7. The molecule has 0 bridgehead atoms. The Hall–Kier alpha value is -2.59. The van der Waals surface area contributed by atoms with E-state index in [9.17, 15) is 13.2 Å². The Labute approximate surface area is 150 Å². The van der Waals surface area contributed by atoms with Crippen molar-refractivity contribution in [2.45, 2.75) is 25.7 Å². The largest absolute Gasteiger partial charge is 0.454 e. The van der Waals surface area contributed by atoms with E-state index in [4.69, 9.17) is 14.0 Å². The van der Waals surface area contributed by atoms with Crippen LogP contribution in [0.25, 0.3) is 0 Å². The highest BCUT2D eigenvalue weighted by atomic mass is 32.2. The number of anilines is 1. The van der Waals surface area contributed by atoms with Crippen LogP contribution in [0.2, 0.25) is 0 Å². The van der Waals surface area contributed by atoms with Crippen molar-refractivity contribution >= 4 is 21.6 Å². The SMILES string of the molecule is CC(=O)N(CCNS(=O)(=O)c1c(C)noc1C)c1ccc2c(c1)OCO2. The van der Waals surface area contributed by atoms with Crippen LogP contribution in [0.1, 0.15) is 18.4 Å². The van der Waals surface area contributed by atoms with Crippen LogP contribution in [0.4, 0.5) is 5.69 Å². The number of sulfonamides is 1. The molecule has 0 atom stereocenters. The van der Waals surface area contributed by atoms with Gasteiger partial charge in [-0.2, -0.15) is 0 Å². The standard InChI is InChI=1S/C16H19N3O6S/c1-10-16(11(2)25-18-10)26(21,22)17-6-7-19(12(3)20)13-4-5-14-15(8-13)24-9-23-14/h4-5,8,17H,6-7,9H2,1-3H3. The van der Waals surface area contributed by atoms with Gasteiger partial charge in [-0.1, -0.05) is 5.16 Å². The minimum atomic E-state index is -3.78. The van der Waals surface area contributed by atoms with Crippen molar-refractivity contribution in [1.82, 2.24) is 9.88 Å². The highest BCUT2D eigenvalue weighted by Gasteiger charge is 2.24. The number of amides is 1. The number of aromatic nitrogens is 1. The Morgan fingerprint density at radius 2 is 2.00 bits per heavy atom. The second-order valence-corrected chi connectivity index (χ2v) is 7.46. The molecule has 2 aromatic rings. The molecule has 140 valence electrons. The first-order valence-electron chi connectivity index (χ1n) is 7.90. The summed E-state index contributed by atoms with van der Waals surface area (Å²) in [5.74, 6) is 1.15. The third kappa shape index (κ3) is 3.51. The first kappa shape index (κ1) is 18.2. The number of aryl methyl sites for hydroxylation is 2. The summed E-state index contributed by atoms with van der Waals surface area (Å²) in [5.41, 5.74) is 0.882. The summed E-state index contributed by atoms with van der Waals surface area (Å²) < 4.78 is 42.8. The zero-order chi connectivity index (χ0) is 18.9. The number of rotatable bonds is 6. The van der Waals surface area contributed by atoms with Crippen molar-refractivity contribution in [2.24, 2.45) is 0 Å². The lowest BCUT2D eigenvalue weighted by molar-refractivity contribution is -0.116. The fourth-order valence-corrected chi connectivity index (χ4v) is 4.09. The van der Waals surface area contributed by atoms with Crippen LogP contribution in [-0.2, 0) is 14.8 Å². The van der Waals surface area contributed by atoms with E-state index >= 15 is 0 Å². The minimum Gasteiger partial charge on any atom is -0.454 e. The van der Waals surface area contributed by atoms with Crippen molar-refractivity contribution in [3.05, 3.63) is 29.7 Å². The lowest BCUT2D eigenvalue weighted by Crippen LogP contribution is -2.37. The average Bonchev–Trinajstić information content (AvgIpc) is 3.17. The van der Waals surface area contributed by atoms with Crippen molar-refractivity contribution in [1.29, 1.82) is 0 Å². The highest BCUT2D eigenvalue weighted by Crippen LogP contribution is 2.35. The van der Waals surface area contributed by atoms with E-state index in [1.54, 1.807) is 25.1 Å². The molecule has 0 saturated heterocycles. The number of carbonyl (C=O) groups is 1. The molecular weight excluding hydrogens is 362 g/mol. The summed E-state index contributed by atoms with van der Waals surface area (Å²) in [6, 6.07) is 5.12. The maximum Gasteiger partial charge on any atom is 0.246 e. The highest BCUT2D eigenvalue weighted by molar-refractivity contribution is 7.89. The molecule has 26 heavy (non-hydrogen) atoms. The molecule has 0 aliphatic carbocycles. The first-order chi connectivity index (χ1) is 12.3. The lowest BCUT2D eigenvalue weighted by Gasteiger charge is -2.21. The van der Waals surface area contributed by atoms with Crippen LogP contribution < -0.4 is 19.1 Å². The van der Waals surface area contributed by atoms with Crippen LogP contribution in [0.3, 0.4) is 0 Å². The molecule has 3 rings (SSSR count). The molecule has 0 radical (unpaired) electrons. The van der Waals surface area contributed by atoms with Crippen LogP contribution in [0.15, 0.2) is 27.6 Å². The third-order valence-corrected chi connectivity index (χ3v) is 5.62. The number of hydrogen-bond donors (Lipinski definition) is 1. The predicted molar refractivity (Wildman–Crippen MR) is 91.8 cm³/mol. The molecule has 1 N–H and O–H groups in total. The van der Waals surface area contributed by atoms with E-state index in [0.29, 0.717) is 17.2 Å². The zero-order valence-corrected chi connectivity index (χ0v) is 15.4. The first-order valence-corrected chi connectivity index (χ1v) is 9.38. The fraction of sp³-hybridized carbons (Fsp3) is 0.375. The van der Waals surface area contributed by atoms with Crippen molar-refractivity contribution in [2.75, 3.05) is 24.8 Å². The summed E-state index contributed by atoms with van der Waals surface area (Å²) >= 11 is 0. The third-order valence-electron chi connectivity index (χ3n) is 3.91. The van der Waals surface area contributed by atoms with Crippen LogP contribution in [-0.4, -0.2) is 39.4 Å². The van der Waals surface area contributed by atoms with Crippen molar-refractivity contribution < 1.29 is 27.2 Å². The molecule has 1 amide bonds. The number of nitrogens with one attached hydrogen (secondary N) is 1. The second-order valence-electron chi connectivity index (χ2n) is 5.76. The van der Waals surface area contributed by atoms with Gasteiger partial charge in [-0.25, -0.2) is 13.1 Å². The van der Waals surface area contributed by atoms with Crippen LogP contribution >= 0.6 is 0 Å². The molecular formula is C16H19N3O6S. The zero-order valence-electron chi connectivity index (χ0n) is 14.6. The van der Waals surface area contributed by atoms with Crippen LogP contribution in [0, 0.1) is 13.8 Å². The maximum absolute atomic E-state index is 12.4. The molecule has 1 aliphatic heterocycles. The number of nitrogens with zero attached hydrogens (tertiary/aromatic N) is 2. The molecule has 1 aromatic heterocycles. The fourth-order valence-electron chi connectivity index (χ4n) is 2.74. The number of ether oxygens (including phenoxy) is 2. The molecule has 1 aromatic carbocycles. The van der Waals surface area contributed by atoms with Gasteiger partial charge in [0.15, 0.2) is 17.3 Å². The molecule has 1 aliphatic rings. The molecule has 0 unspecified atom stereocenters. The monoisotopic (exact) mass is 381 g/mol. The second kappa shape index (κ2) is 6.96. The van der Waals surface area contributed by atoms with E-state index in [2.05, 4.69) is 9.88 Å². The number of fused-ring (bicyclic) bond motifs is 1. The van der Waals surface area contributed by atoms with Gasteiger partial charge in [0.1, 0.15) is 10.6 Å². The van der Waals surface area contributed by atoms with Gasteiger partial charge in [0.05, 0.1) is 0 Å². The van der Waals surface area contributed by atoms with Gasteiger partial charge in [-0.3, -0.25) is 4.79 Å². The maximum atomic E-state index is 12.4. The Balaban J connectivity index is 1.71. The van der Waals surface area contributed by atoms with E-state index < -0.39 is 10.0 Å². The van der Waals surface area contributed by atoms with Gasteiger partial charge in [0.2, 0.25) is 22.7 Å². The van der Waals surface area contributed by atoms with E-state index in [0.717, 1.165) is 0 Å². The molecule has 0 spiro atoms. The Kier molecular flexibility index (Phi) is 4.88. The van der Waals surface area contributed by atoms with Gasteiger partial charge in [-0.15, -0.1) is 0 Å². The number of benzene rings is 1. The van der Waals surface area contributed by atoms with E-state index in [1.165, 1.54) is 18.7 Å². The summed E-state index contributed by atoms with van der Waals surface area (Å²) in [7, 11) is -3.78. The number of carbonyl (C=O) groups excluding carboxylic acids is 1. The summed E-state index contributed by atoms with van der Waals surface area (Å²) in [5, 5.41) is 3.65. The summed E-state index contributed by atoms with van der Waals surface area (Å²) in [4.78, 5) is 13.5. The average molecular weight is 381 g/mol. The molecule has 9 nitrogen and oxygen atoms in total. The quantitative estimate of drug-likeness (QED) is 0.804. The Bertz CT molecular complexity index is 918. The lowest BCUT2D eigenvalue weighted by atomic mass is 10.2. The van der Waals surface area contributed by atoms with Crippen molar-refractivity contribution in [3.8, 4) is 11.5 Å². The normalized spacial score (nSPS) is 13.0. The summed E-state index contributed by atoms with van der Waals surface area (Å²) in [6.07, 6.45) is 0. The van der Waals surface area contributed by atoms with Gasteiger partial charge in [0, 0.05) is 31.8 Å².